The van der Waals surface area contributed by atoms with E-state index in [1.54, 1.807) is 23.7 Å². The second-order valence-corrected chi connectivity index (χ2v) is 8.45. The third-order valence-corrected chi connectivity index (χ3v) is 5.91. The van der Waals surface area contributed by atoms with Gasteiger partial charge in [-0.25, -0.2) is 10.2 Å². The van der Waals surface area contributed by atoms with Crippen LogP contribution in [0.2, 0.25) is 5.02 Å². The molecule has 1 aromatic carbocycles. The molecular weight excluding hydrogens is 404 g/mol. The monoisotopic (exact) mass is 428 g/mol. The summed E-state index contributed by atoms with van der Waals surface area (Å²) >= 11 is 6.01. The number of aromatic nitrogens is 4. The molecule has 8 nitrogen and oxygen atoms in total. The number of nitrogens with zero attached hydrogens (tertiary/aromatic N) is 5. The van der Waals surface area contributed by atoms with Crippen molar-refractivity contribution in [2.24, 2.45) is 25.1 Å². The Kier molecular flexibility index (Phi) is 5.51. The molecule has 1 unspecified atom stereocenters. The Balaban J connectivity index is 1.83. The normalized spacial score (nSPS) is 18.3. The zero-order valence-electron chi connectivity index (χ0n) is 17.4. The van der Waals surface area contributed by atoms with Crippen LogP contribution in [0.15, 0.2) is 39.0 Å². The Morgan fingerprint density at radius 2 is 1.93 bits per heavy atom. The molecule has 1 N–H and O–H groups in total. The molecule has 0 amide bonds. The zero-order chi connectivity index (χ0) is 21.4. The minimum Gasteiger partial charge on any atom is -0.298 e. The van der Waals surface area contributed by atoms with Crippen LogP contribution in [-0.4, -0.2) is 24.4 Å². The molecule has 1 atom stereocenters. The van der Waals surface area contributed by atoms with E-state index in [0.29, 0.717) is 34.6 Å². The Labute approximate surface area is 178 Å². The summed E-state index contributed by atoms with van der Waals surface area (Å²) in [6.45, 7) is 2.62. The molecule has 2 aromatic heterocycles. The second kappa shape index (κ2) is 8.10. The fraction of sp³-hybridized carbons (Fsp3) is 0.429. The average Bonchev–Trinajstić information content (AvgIpc) is 3.09. The molecule has 1 aliphatic carbocycles. The summed E-state index contributed by atoms with van der Waals surface area (Å²) in [6.07, 6.45) is 4.24. The number of anilines is 1. The summed E-state index contributed by atoms with van der Waals surface area (Å²) in [5.41, 5.74) is 5.01. The van der Waals surface area contributed by atoms with Crippen molar-refractivity contribution in [1.82, 2.24) is 18.7 Å². The summed E-state index contributed by atoms with van der Waals surface area (Å²) in [7, 11) is 3.09. The molecule has 1 aliphatic rings. The number of aryl methyl sites for hydroxylation is 1. The summed E-state index contributed by atoms with van der Waals surface area (Å²) in [5, 5.41) is 5.23. The van der Waals surface area contributed by atoms with Crippen LogP contribution in [0.1, 0.15) is 38.2 Å². The van der Waals surface area contributed by atoms with Gasteiger partial charge in [-0.2, -0.15) is 10.1 Å². The van der Waals surface area contributed by atoms with Gasteiger partial charge in [-0.05, 0) is 49.3 Å². The fourth-order valence-corrected chi connectivity index (χ4v) is 4.08. The number of halogens is 1. The smallest absolute Gasteiger partial charge is 0.298 e. The standard InChI is InChI=1S/C21H25ClN6O2/c1-13-5-4-6-16(11-13)24-25-20-23-18-17(19(29)27(3)21(30)26(18)2)28(20)12-14-7-9-15(22)10-8-14/h7-10,13H,4-6,11-12H2,1-3H3,(H,23,25)/b24-16+. The van der Waals surface area contributed by atoms with E-state index in [0.717, 1.165) is 35.1 Å². The lowest BCUT2D eigenvalue weighted by atomic mass is 9.89. The topological polar surface area (TPSA) is 86.2 Å². The number of hydrogen-bond donors (Lipinski definition) is 1. The lowest BCUT2D eigenvalue weighted by Gasteiger charge is -2.19. The van der Waals surface area contributed by atoms with Gasteiger partial charge in [0.2, 0.25) is 5.95 Å². The molecule has 30 heavy (non-hydrogen) atoms. The Hall–Kier alpha value is -2.87. The molecule has 158 valence electrons. The van der Waals surface area contributed by atoms with Crippen molar-refractivity contribution in [3.63, 3.8) is 0 Å². The van der Waals surface area contributed by atoms with E-state index < -0.39 is 5.69 Å². The highest BCUT2D eigenvalue weighted by molar-refractivity contribution is 6.30. The first-order chi connectivity index (χ1) is 14.3. The lowest BCUT2D eigenvalue weighted by molar-refractivity contribution is 0.500. The van der Waals surface area contributed by atoms with Gasteiger partial charge in [-0.1, -0.05) is 30.7 Å². The first-order valence-electron chi connectivity index (χ1n) is 10.1. The van der Waals surface area contributed by atoms with E-state index in [9.17, 15) is 9.59 Å². The highest BCUT2D eigenvalue weighted by Crippen LogP contribution is 2.23. The highest BCUT2D eigenvalue weighted by atomic mass is 35.5. The molecule has 9 heteroatoms. The quantitative estimate of drug-likeness (QED) is 0.647. The molecule has 0 bridgehead atoms. The van der Waals surface area contributed by atoms with Gasteiger partial charge in [-0.3, -0.25) is 18.5 Å². The van der Waals surface area contributed by atoms with Gasteiger partial charge in [0.25, 0.3) is 5.56 Å². The van der Waals surface area contributed by atoms with Gasteiger partial charge < -0.3 is 0 Å². The molecule has 0 spiro atoms. The molecule has 0 saturated heterocycles. The maximum absolute atomic E-state index is 12.9. The minimum atomic E-state index is -0.414. The van der Waals surface area contributed by atoms with Crippen molar-refractivity contribution in [1.29, 1.82) is 0 Å². The number of hydrazone groups is 1. The molecular formula is C21H25ClN6O2. The fourth-order valence-electron chi connectivity index (χ4n) is 3.95. The SMILES string of the molecule is CC1CCC/C(=N\Nc2nc3c(c(=O)n(C)c(=O)n3C)n2Cc2ccc(Cl)cc2)C1. The number of benzene rings is 1. The van der Waals surface area contributed by atoms with Gasteiger partial charge in [0.1, 0.15) is 0 Å². The van der Waals surface area contributed by atoms with Crippen LogP contribution in [-0.2, 0) is 20.6 Å². The maximum Gasteiger partial charge on any atom is 0.332 e. The largest absolute Gasteiger partial charge is 0.332 e. The summed E-state index contributed by atoms with van der Waals surface area (Å²) < 4.78 is 4.26. The minimum absolute atomic E-state index is 0.330. The lowest BCUT2D eigenvalue weighted by Crippen LogP contribution is -2.37. The first kappa shape index (κ1) is 20.4. The predicted molar refractivity (Wildman–Crippen MR) is 119 cm³/mol. The number of hydrogen-bond acceptors (Lipinski definition) is 5. The molecule has 1 saturated carbocycles. The zero-order valence-corrected chi connectivity index (χ0v) is 18.1. The van der Waals surface area contributed by atoms with Gasteiger partial charge in [0, 0.05) is 24.8 Å². The molecule has 1 fully saturated rings. The van der Waals surface area contributed by atoms with Crippen LogP contribution in [0.5, 0.6) is 0 Å². The van der Waals surface area contributed by atoms with Crippen LogP contribution >= 0.6 is 11.6 Å². The Bertz CT molecular complexity index is 1240. The number of imidazole rings is 1. The Morgan fingerprint density at radius 1 is 1.20 bits per heavy atom. The van der Waals surface area contributed by atoms with Gasteiger partial charge in [0.05, 0.1) is 6.54 Å². The van der Waals surface area contributed by atoms with Crippen LogP contribution in [0, 0.1) is 5.92 Å². The van der Waals surface area contributed by atoms with Crippen molar-refractivity contribution in [3.8, 4) is 0 Å². The summed E-state index contributed by atoms with van der Waals surface area (Å²) in [4.78, 5) is 29.9. The second-order valence-electron chi connectivity index (χ2n) is 8.02. The third-order valence-electron chi connectivity index (χ3n) is 5.66. The van der Waals surface area contributed by atoms with Crippen molar-refractivity contribution in [3.05, 3.63) is 55.7 Å². The molecule has 2 heterocycles. The van der Waals surface area contributed by atoms with Gasteiger partial charge >= 0.3 is 5.69 Å². The molecule has 4 rings (SSSR count). The van der Waals surface area contributed by atoms with Crippen molar-refractivity contribution < 1.29 is 0 Å². The number of fused-ring (bicyclic) bond motifs is 1. The molecule has 0 radical (unpaired) electrons. The van der Waals surface area contributed by atoms with Crippen molar-refractivity contribution in [2.45, 2.75) is 39.2 Å². The van der Waals surface area contributed by atoms with E-state index in [1.807, 2.05) is 12.1 Å². The van der Waals surface area contributed by atoms with Crippen LogP contribution in [0.4, 0.5) is 5.95 Å². The van der Waals surface area contributed by atoms with E-state index in [4.69, 9.17) is 11.6 Å². The third kappa shape index (κ3) is 3.79. The maximum atomic E-state index is 12.9. The molecule has 0 aliphatic heterocycles. The highest BCUT2D eigenvalue weighted by Gasteiger charge is 2.20. The summed E-state index contributed by atoms with van der Waals surface area (Å²) in [5.74, 6) is 1.05. The molecule has 3 aromatic rings. The van der Waals surface area contributed by atoms with E-state index in [1.165, 1.54) is 18.0 Å². The number of rotatable bonds is 4. The Morgan fingerprint density at radius 3 is 2.63 bits per heavy atom. The predicted octanol–water partition coefficient (Wildman–Crippen LogP) is 3.11. The average molecular weight is 429 g/mol. The van der Waals surface area contributed by atoms with Crippen LogP contribution in [0.3, 0.4) is 0 Å². The van der Waals surface area contributed by atoms with Gasteiger partial charge in [0.15, 0.2) is 11.2 Å². The van der Waals surface area contributed by atoms with Crippen LogP contribution < -0.4 is 16.7 Å². The van der Waals surface area contributed by atoms with Crippen molar-refractivity contribution >= 4 is 34.4 Å². The first-order valence-corrected chi connectivity index (χ1v) is 10.4. The van der Waals surface area contributed by atoms with Crippen LogP contribution in [0.25, 0.3) is 11.2 Å². The van der Waals surface area contributed by atoms with Crippen molar-refractivity contribution in [2.75, 3.05) is 5.43 Å². The van der Waals surface area contributed by atoms with Gasteiger partial charge in [-0.15, -0.1) is 0 Å². The van der Waals surface area contributed by atoms with E-state index in [-0.39, 0.29) is 5.56 Å². The number of nitrogens with one attached hydrogen (secondary N) is 1. The van der Waals surface area contributed by atoms with E-state index in [2.05, 4.69) is 22.4 Å². The van der Waals surface area contributed by atoms with E-state index >= 15 is 0 Å². The summed E-state index contributed by atoms with van der Waals surface area (Å²) in [6, 6.07) is 7.42.